The quantitative estimate of drug-likeness (QED) is 0.921. The Morgan fingerprint density at radius 1 is 1.24 bits per heavy atom. The average Bonchev–Trinajstić information content (AvgIpc) is 2.41. The van der Waals surface area contributed by atoms with E-state index < -0.39 is 22.4 Å². The molecule has 2 rings (SSSR count). The van der Waals surface area contributed by atoms with Crippen LogP contribution in [0.15, 0.2) is 23.1 Å². The molecule has 5 heteroatoms. The average molecular weight is 315 g/mol. The lowest BCUT2D eigenvalue weighted by molar-refractivity contribution is 0.248. The maximum Gasteiger partial charge on any atom is 0.160 e. The van der Waals surface area contributed by atoms with Gasteiger partial charge in [0, 0.05) is 10.9 Å². The number of halogens is 2. The predicted molar refractivity (Wildman–Crippen MR) is 81.6 cm³/mol. The molecule has 0 heterocycles. The first-order valence-corrected chi connectivity index (χ1v) is 8.74. The van der Waals surface area contributed by atoms with Crippen molar-refractivity contribution >= 4 is 10.8 Å². The summed E-state index contributed by atoms with van der Waals surface area (Å²) in [5, 5.41) is 3.35. The zero-order valence-corrected chi connectivity index (χ0v) is 13.6. The Morgan fingerprint density at radius 2 is 1.95 bits per heavy atom. The monoisotopic (exact) mass is 315 g/mol. The molecule has 1 aromatic rings. The largest absolute Gasteiger partial charge is 0.313 e. The minimum absolute atomic E-state index is 0.0639. The van der Waals surface area contributed by atoms with Crippen LogP contribution in [0.2, 0.25) is 0 Å². The molecular weight excluding hydrogens is 292 g/mol. The molecule has 0 saturated heterocycles. The van der Waals surface area contributed by atoms with Gasteiger partial charge in [-0.3, -0.25) is 4.21 Å². The van der Waals surface area contributed by atoms with Crippen molar-refractivity contribution in [3.63, 3.8) is 0 Å². The van der Waals surface area contributed by atoms with Crippen molar-refractivity contribution in [2.24, 2.45) is 11.8 Å². The smallest absolute Gasteiger partial charge is 0.160 e. The van der Waals surface area contributed by atoms with Crippen molar-refractivity contribution in [1.29, 1.82) is 0 Å². The van der Waals surface area contributed by atoms with Gasteiger partial charge >= 0.3 is 0 Å². The summed E-state index contributed by atoms with van der Waals surface area (Å²) in [4.78, 5) is 0.378. The van der Waals surface area contributed by atoms with Gasteiger partial charge in [0.15, 0.2) is 11.6 Å². The molecule has 1 aliphatic rings. The van der Waals surface area contributed by atoms with E-state index in [9.17, 15) is 13.0 Å². The van der Waals surface area contributed by atoms with E-state index in [1.807, 2.05) is 6.92 Å². The van der Waals surface area contributed by atoms with Gasteiger partial charge in [-0.25, -0.2) is 8.78 Å². The fourth-order valence-electron chi connectivity index (χ4n) is 3.41. The number of hydrogen-bond donors (Lipinski definition) is 1. The fraction of sp³-hybridized carbons (Fsp3) is 0.625. The molecule has 0 radical (unpaired) electrons. The maximum absolute atomic E-state index is 13.4. The molecule has 1 N–H and O–H groups in total. The second-order valence-corrected chi connectivity index (χ2v) is 7.67. The Balaban J connectivity index is 2.27. The molecule has 2 nitrogen and oxygen atoms in total. The van der Waals surface area contributed by atoms with E-state index in [1.54, 1.807) is 0 Å². The van der Waals surface area contributed by atoms with Crippen LogP contribution in [0.25, 0.3) is 0 Å². The highest BCUT2D eigenvalue weighted by atomic mass is 32.2. The molecule has 0 bridgehead atoms. The van der Waals surface area contributed by atoms with E-state index in [0.29, 0.717) is 10.8 Å². The molecule has 5 unspecified atom stereocenters. The van der Waals surface area contributed by atoms with E-state index in [4.69, 9.17) is 0 Å². The summed E-state index contributed by atoms with van der Waals surface area (Å²) < 4.78 is 39.3. The lowest BCUT2D eigenvalue weighted by Gasteiger charge is -2.39. The molecule has 0 aliphatic heterocycles. The van der Waals surface area contributed by atoms with Crippen molar-refractivity contribution in [1.82, 2.24) is 5.32 Å². The third kappa shape index (κ3) is 3.69. The van der Waals surface area contributed by atoms with Gasteiger partial charge in [-0.15, -0.1) is 0 Å². The third-order valence-electron chi connectivity index (χ3n) is 4.22. The zero-order valence-electron chi connectivity index (χ0n) is 12.7. The zero-order chi connectivity index (χ0) is 15.6. The van der Waals surface area contributed by atoms with Gasteiger partial charge in [0.1, 0.15) is 0 Å². The summed E-state index contributed by atoms with van der Waals surface area (Å²) in [5.74, 6) is -0.962. The van der Waals surface area contributed by atoms with Crippen LogP contribution >= 0.6 is 0 Å². The predicted octanol–water partition coefficient (Wildman–Crippen LogP) is 3.49. The van der Waals surface area contributed by atoms with Crippen molar-refractivity contribution in [2.45, 2.75) is 49.8 Å². The van der Waals surface area contributed by atoms with Crippen LogP contribution < -0.4 is 5.32 Å². The normalized spacial score (nSPS) is 31.1. The summed E-state index contributed by atoms with van der Waals surface area (Å²) in [6.07, 6.45) is 1.99. The second-order valence-electron chi connectivity index (χ2n) is 6.06. The van der Waals surface area contributed by atoms with Crippen LogP contribution in [-0.2, 0) is 10.8 Å². The number of benzene rings is 1. The molecular formula is C16H23F2NOS. The molecule has 1 aromatic carbocycles. The highest BCUT2D eigenvalue weighted by Gasteiger charge is 2.38. The van der Waals surface area contributed by atoms with Crippen LogP contribution in [0.5, 0.6) is 0 Å². The van der Waals surface area contributed by atoms with Crippen LogP contribution in [0.1, 0.15) is 33.6 Å². The maximum atomic E-state index is 13.4. The molecule has 5 atom stereocenters. The SMILES string of the molecule is CCNC1CC(C)CC(C)C1S(=O)c1ccc(F)c(F)c1. The molecule has 118 valence electrons. The van der Waals surface area contributed by atoms with Gasteiger partial charge in [0.25, 0.3) is 0 Å². The van der Waals surface area contributed by atoms with Gasteiger partial charge in [0.2, 0.25) is 0 Å². The summed E-state index contributed by atoms with van der Waals surface area (Å²) in [6.45, 7) is 7.15. The van der Waals surface area contributed by atoms with Crippen molar-refractivity contribution in [2.75, 3.05) is 6.54 Å². The molecule has 1 aliphatic carbocycles. The molecule has 21 heavy (non-hydrogen) atoms. The van der Waals surface area contributed by atoms with Crippen molar-refractivity contribution in [3.05, 3.63) is 29.8 Å². The number of hydrogen-bond acceptors (Lipinski definition) is 2. The summed E-state index contributed by atoms with van der Waals surface area (Å²) >= 11 is 0. The van der Waals surface area contributed by atoms with Crippen molar-refractivity contribution < 1.29 is 13.0 Å². The van der Waals surface area contributed by atoms with Crippen molar-refractivity contribution in [3.8, 4) is 0 Å². The Hall–Kier alpha value is -0.810. The minimum atomic E-state index is -1.33. The highest BCUT2D eigenvalue weighted by molar-refractivity contribution is 7.85. The number of nitrogens with one attached hydrogen (secondary N) is 1. The first-order chi connectivity index (χ1) is 9.93. The van der Waals surface area contributed by atoms with Crippen LogP contribution in [0.4, 0.5) is 8.78 Å². The van der Waals surface area contributed by atoms with Gasteiger partial charge < -0.3 is 5.32 Å². The Bertz CT molecular complexity index is 523. The van der Waals surface area contributed by atoms with E-state index in [0.717, 1.165) is 31.5 Å². The van der Waals surface area contributed by atoms with E-state index in [2.05, 4.69) is 19.2 Å². The molecule has 0 aromatic heterocycles. The van der Waals surface area contributed by atoms with E-state index in [-0.39, 0.29) is 17.2 Å². The second kappa shape index (κ2) is 6.97. The van der Waals surface area contributed by atoms with Gasteiger partial charge in [-0.1, -0.05) is 20.8 Å². The Kier molecular flexibility index (Phi) is 5.49. The Morgan fingerprint density at radius 3 is 2.57 bits per heavy atom. The third-order valence-corrected chi connectivity index (χ3v) is 6.23. The Labute approximate surface area is 127 Å². The van der Waals surface area contributed by atoms with Gasteiger partial charge in [-0.05, 0) is 49.4 Å². The first kappa shape index (κ1) is 16.6. The topological polar surface area (TPSA) is 29.1 Å². The lowest BCUT2D eigenvalue weighted by atomic mass is 9.80. The fourth-order valence-corrected chi connectivity index (χ4v) is 5.19. The van der Waals surface area contributed by atoms with Gasteiger partial charge in [0.05, 0.1) is 16.0 Å². The van der Waals surface area contributed by atoms with E-state index in [1.165, 1.54) is 6.07 Å². The minimum Gasteiger partial charge on any atom is -0.313 e. The van der Waals surface area contributed by atoms with E-state index >= 15 is 0 Å². The van der Waals surface area contributed by atoms with Gasteiger partial charge in [-0.2, -0.15) is 0 Å². The highest BCUT2D eigenvalue weighted by Crippen LogP contribution is 2.34. The molecule has 1 fully saturated rings. The first-order valence-electron chi connectivity index (χ1n) is 7.53. The van der Waals surface area contributed by atoms with Crippen LogP contribution in [0, 0.1) is 23.5 Å². The summed E-state index contributed by atoms with van der Waals surface area (Å²) in [6, 6.07) is 3.71. The summed E-state index contributed by atoms with van der Waals surface area (Å²) in [7, 11) is -1.33. The lowest BCUT2D eigenvalue weighted by Crippen LogP contribution is -2.50. The molecule has 0 amide bonds. The summed E-state index contributed by atoms with van der Waals surface area (Å²) in [5.41, 5.74) is 0. The molecule has 1 saturated carbocycles. The number of rotatable bonds is 4. The standard InChI is InChI=1S/C16H23F2NOS/c1-4-19-15-8-10(2)7-11(3)16(15)21(20)12-5-6-13(17)14(18)9-12/h5-6,9-11,15-16,19H,4,7-8H2,1-3H3. The van der Waals surface area contributed by atoms with Crippen LogP contribution in [-0.4, -0.2) is 22.0 Å². The van der Waals surface area contributed by atoms with Crippen LogP contribution in [0.3, 0.4) is 0 Å². The molecule has 0 spiro atoms.